The van der Waals surface area contributed by atoms with Crippen molar-refractivity contribution in [2.24, 2.45) is 0 Å². The van der Waals surface area contributed by atoms with Crippen LogP contribution in [-0.4, -0.2) is 14.5 Å². The average Bonchev–Trinajstić information content (AvgIpc) is 3.79. The number of benzene rings is 12. The molecule has 12 aromatic carbocycles. The lowest BCUT2D eigenvalue weighted by Crippen LogP contribution is -1.96. The van der Waals surface area contributed by atoms with E-state index < -0.39 is 0 Å². The van der Waals surface area contributed by atoms with Gasteiger partial charge in [-0.3, -0.25) is 0 Å². The number of rotatable bonds is 7. The Bertz CT molecular complexity index is 4380. The van der Waals surface area contributed by atoms with Gasteiger partial charge in [-0.15, -0.1) is 0 Å². The van der Waals surface area contributed by atoms with Gasteiger partial charge in [0.05, 0.1) is 22.4 Å². The van der Waals surface area contributed by atoms with Gasteiger partial charge < -0.3 is 4.57 Å². The number of hydrogen-bond acceptors (Lipinski definition) is 2. The van der Waals surface area contributed by atoms with Crippen LogP contribution in [0.25, 0.3) is 138 Å². The summed E-state index contributed by atoms with van der Waals surface area (Å²) in [6, 6.07) is 94.3. The number of para-hydroxylation sites is 1. The highest BCUT2D eigenvalue weighted by Gasteiger charge is 2.18. The summed E-state index contributed by atoms with van der Waals surface area (Å²) in [5.41, 5.74) is 15.4. The molecule has 3 nitrogen and oxygen atoms in total. The lowest BCUT2D eigenvalue weighted by molar-refractivity contribution is 1.18. The van der Waals surface area contributed by atoms with Crippen molar-refractivity contribution in [3.05, 3.63) is 261 Å². The van der Waals surface area contributed by atoms with Crippen molar-refractivity contribution < 1.29 is 0 Å². The quantitative estimate of drug-likeness (QED) is 0.149. The summed E-state index contributed by atoms with van der Waals surface area (Å²) >= 11 is 0. The third-order valence-corrected chi connectivity index (χ3v) is 14.4. The second-order valence-electron chi connectivity index (χ2n) is 18.5. The lowest BCUT2D eigenvalue weighted by atomic mass is 9.88. The van der Waals surface area contributed by atoms with E-state index in [4.69, 9.17) is 9.97 Å². The fraction of sp³-hybridized carbons (Fsp3) is 0. The van der Waals surface area contributed by atoms with Gasteiger partial charge in [0.15, 0.2) is 5.82 Å². The van der Waals surface area contributed by atoms with Crippen LogP contribution in [0, 0.1) is 0 Å². The fourth-order valence-corrected chi connectivity index (χ4v) is 10.9. The Balaban J connectivity index is 0.896. The summed E-state index contributed by atoms with van der Waals surface area (Å²) in [7, 11) is 0. The zero-order valence-electron chi connectivity index (χ0n) is 38.7. The SMILES string of the molecule is c1ccc(-c2ccc(-c3cc(-c4cccc(-c5ccc6c(c5)c5ccccc5c5cccc(-c7ccc8c(c7)c7ccccc7n8-c7ccc8ccccc8c7)c56)c4)nc(-c4ccccc4)n3)cc2)cc1. The highest BCUT2D eigenvalue weighted by Crippen LogP contribution is 2.44. The molecule has 0 atom stereocenters. The first-order valence-electron chi connectivity index (χ1n) is 24.3. The number of aromatic nitrogens is 3. The van der Waals surface area contributed by atoms with Crippen molar-refractivity contribution in [3.63, 3.8) is 0 Å². The van der Waals surface area contributed by atoms with Crippen LogP contribution in [0.4, 0.5) is 0 Å². The highest BCUT2D eigenvalue weighted by molar-refractivity contribution is 6.29. The molecule has 0 aliphatic rings. The Labute approximate surface area is 411 Å². The van der Waals surface area contributed by atoms with E-state index in [1.54, 1.807) is 0 Å². The molecule has 2 heterocycles. The van der Waals surface area contributed by atoms with E-state index in [0.29, 0.717) is 5.82 Å². The molecule has 330 valence electrons. The molecular weight excluding hydrogens is 859 g/mol. The van der Waals surface area contributed by atoms with Gasteiger partial charge in [0.25, 0.3) is 0 Å². The summed E-state index contributed by atoms with van der Waals surface area (Å²) in [5.74, 6) is 0.699. The predicted octanol–water partition coefficient (Wildman–Crippen LogP) is 18.2. The first-order chi connectivity index (χ1) is 35.2. The van der Waals surface area contributed by atoms with Gasteiger partial charge in [0, 0.05) is 33.2 Å². The van der Waals surface area contributed by atoms with E-state index in [2.05, 4.69) is 247 Å². The van der Waals surface area contributed by atoms with Gasteiger partial charge in [0.1, 0.15) is 0 Å². The minimum Gasteiger partial charge on any atom is -0.309 e. The normalized spacial score (nSPS) is 11.7. The summed E-state index contributed by atoms with van der Waals surface area (Å²) in [5, 5.41) is 12.4. The van der Waals surface area contributed by atoms with Gasteiger partial charge in [-0.2, -0.15) is 0 Å². The Hall–Kier alpha value is -9.44. The molecule has 0 aliphatic carbocycles. The number of fused-ring (bicyclic) bond motifs is 10. The third-order valence-electron chi connectivity index (χ3n) is 14.4. The van der Waals surface area contributed by atoms with Crippen molar-refractivity contribution in [2.45, 2.75) is 0 Å². The van der Waals surface area contributed by atoms with Crippen LogP contribution >= 0.6 is 0 Å². The number of nitrogens with zero attached hydrogens (tertiary/aromatic N) is 3. The van der Waals surface area contributed by atoms with E-state index in [0.717, 1.165) is 44.9 Å². The Kier molecular flexibility index (Phi) is 9.53. The largest absolute Gasteiger partial charge is 0.309 e. The molecule has 3 heteroatoms. The molecule has 0 unspecified atom stereocenters. The molecule has 71 heavy (non-hydrogen) atoms. The summed E-state index contributed by atoms with van der Waals surface area (Å²) in [6.45, 7) is 0. The molecular formula is C68H43N3. The molecule has 0 saturated heterocycles. The fourth-order valence-electron chi connectivity index (χ4n) is 10.9. The maximum Gasteiger partial charge on any atom is 0.160 e. The maximum atomic E-state index is 5.21. The molecule has 14 rings (SSSR count). The van der Waals surface area contributed by atoms with Crippen molar-refractivity contribution in [1.82, 2.24) is 14.5 Å². The minimum atomic E-state index is 0.699. The predicted molar refractivity (Wildman–Crippen MR) is 299 cm³/mol. The van der Waals surface area contributed by atoms with Crippen LogP contribution in [0.2, 0.25) is 0 Å². The highest BCUT2D eigenvalue weighted by atomic mass is 15.0. The average molecular weight is 902 g/mol. The third kappa shape index (κ3) is 6.97. The molecule has 2 aromatic heterocycles. The molecule has 0 radical (unpaired) electrons. The summed E-state index contributed by atoms with van der Waals surface area (Å²) in [6.07, 6.45) is 0. The van der Waals surface area contributed by atoms with Crippen LogP contribution in [0.1, 0.15) is 0 Å². The summed E-state index contributed by atoms with van der Waals surface area (Å²) in [4.78, 5) is 10.4. The minimum absolute atomic E-state index is 0.699. The van der Waals surface area contributed by atoms with Crippen LogP contribution in [0.3, 0.4) is 0 Å². The van der Waals surface area contributed by atoms with E-state index in [9.17, 15) is 0 Å². The summed E-state index contributed by atoms with van der Waals surface area (Å²) < 4.78 is 2.42. The Morgan fingerprint density at radius 2 is 0.789 bits per heavy atom. The van der Waals surface area contributed by atoms with Gasteiger partial charge >= 0.3 is 0 Å². The second kappa shape index (κ2) is 16.7. The van der Waals surface area contributed by atoms with Crippen LogP contribution in [0.15, 0.2) is 261 Å². The van der Waals surface area contributed by atoms with Crippen molar-refractivity contribution >= 4 is 64.9 Å². The van der Waals surface area contributed by atoms with E-state index in [1.807, 2.05) is 18.2 Å². The van der Waals surface area contributed by atoms with E-state index in [1.165, 1.54) is 87.1 Å². The smallest absolute Gasteiger partial charge is 0.160 e. The van der Waals surface area contributed by atoms with Gasteiger partial charge in [-0.05, 0) is 125 Å². The van der Waals surface area contributed by atoms with Gasteiger partial charge in [-0.1, -0.05) is 212 Å². The Morgan fingerprint density at radius 1 is 0.254 bits per heavy atom. The van der Waals surface area contributed by atoms with Crippen molar-refractivity contribution in [1.29, 1.82) is 0 Å². The molecule has 0 N–H and O–H groups in total. The lowest BCUT2D eigenvalue weighted by Gasteiger charge is -2.16. The maximum absolute atomic E-state index is 5.21. The van der Waals surface area contributed by atoms with Crippen molar-refractivity contribution in [3.8, 4) is 73.0 Å². The van der Waals surface area contributed by atoms with Gasteiger partial charge in [-0.25, -0.2) is 9.97 Å². The molecule has 14 aromatic rings. The van der Waals surface area contributed by atoms with E-state index in [-0.39, 0.29) is 0 Å². The van der Waals surface area contributed by atoms with Crippen LogP contribution < -0.4 is 0 Å². The molecule has 0 saturated carbocycles. The monoisotopic (exact) mass is 901 g/mol. The standard InChI is InChI=1S/C68H43N3/c1-3-15-44(16-4-1)46-29-31-47(32-30-46)63-43-64(70-68(69-63)48-18-5-2-6-19-48)53-22-13-21-49(39-53)51-34-37-60-61(41-51)57-24-10-9-23-56(57)59-27-14-26-55(67(59)60)52-35-38-66-62(42-52)58-25-11-12-28-65(58)71(66)54-36-33-45-17-7-8-20-50(45)40-54/h1-43H. The van der Waals surface area contributed by atoms with Crippen LogP contribution in [0.5, 0.6) is 0 Å². The number of hydrogen-bond donors (Lipinski definition) is 0. The molecule has 0 amide bonds. The topological polar surface area (TPSA) is 30.7 Å². The van der Waals surface area contributed by atoms with E-state index >= 15 is 0 Å². The zero-order chi connectivity index (χ0) is 46.8. The first kappa shape index (κ1) is 40.6. The molecule has 0 bridgehead atoms. The van der Waals surface area contributed by atoms with Crippen molar-refractivity contribution in [2.75, 3.05) is 0 Å². The Morgan fingerprint density at radius 3 is 1.61 bits per heavy atom. The zero-order valence-corrected chi connectivity index (χ0v) is 38.7. The van der Waals surface area contributed by atoms with Crippen LogP contribution in [-0.2, 0) is 0 Å². The van der Waals surface area contributed by atoms with Gasteiger partial charge in [0.2, 0.25) is 0 Å². The second-order valence-corrected chi connectivity index (χ2v) is 18.5. The molecule has 0 aliphatic heterocycles. The molecule has 0 fully saturated rings. The molecule has 0 spiro atoms. The first-order valence-corrected chi connectivity index (χ1v) is 24.3.